The number of carbonyl (C=O) groups excluding carboxylic acids is 1. The van der Waals surface area contributed by atoms with E-state index >= 15 is 0 Å². The Hall–Kier alpha value is -2.69. The molecule has 6 heteroatoms. The van der Waals surface area contributed by atoms with Crippen molar-refractivity contribution in [3.05, 3.63) is 87.9 Å². The molecule has 0 aliphatic rings. The second-order valence-electron chi connectivity index (χ2n) is 6.32. The van der Waals surface area contributed by atoms with E-state index in [0.717, 1.165) is 22.5 Å². The van der Waals surface area contributed by atoms with Crippen molar-refractivity contribution >= 4 is 40.5 Å². The molecule has 0 spiro atoms. The summed E-state index contributed by atoms with van der Waals surface area (Å²) in [7, 11) is 0. The lowest BCUT2D eigenvalue weighted by atomic mass is 10.2. The van der Waals surface area contributed by atoms with E-state index in [-0.39, 0.29) is 12.5 Å². The van der Waals surface area contributed by atoms with E-state index in [2.05, 4.69) is 10.6 Å². The topological polar surface area (TPSA) is 50.4 Å². The summed E-state index contributed by atoms with van der Waals surface area (Å²) >= 11 is 12.1. The van der Waals surface area contributed by atoms with Crippen molar-refractivity contribution in [2.24, 2.45) is 0 Å². The lowest BCUT2D eigenvalue weighted by Crippen LogP contribution is -2.20. The van der Waals surface area contributed by atoms with Gasteiger partial charge in [0.1, 0.15) is 5.75 Å². The minimum absolute atomic E-state index is 0.0497. The molecule has 0 bridgehead atoms. The van der Waals surface area contributed by atoms with Crippen LogP contribution in [0.1, 0.15) is 11.1 Å². The summed E-state index contributed by atoms with van der Waals surface area (Å²) in [6.45, 7) is 2.55. The molecule has 3 aromatic rings. The number of aryl methyl sites for hydroxylation is 1. The van der Waals surface area contributed by atoms with Gasteiger partial charge in [-0.25, -0.2) is 0 Å². The fourth-order valence-corrected chi connectivity index (χ4v) is 2.99. The molecule has 0 atom stereocenters. The first-order chi connectivity index (χ1) is 13.5. The Morgan fingerprint density at radius 1 is 0.964 bits per heavy atom. The van der Waals surface area contributed by atoms with Crippen molar-refractivity contribution in [1.82, 2.24) is 0 Å². The molecule has 0 radical (unpaired) electrons. The monoisotopic (exact) mass is 414 g/mol. The summed E-state index contributed by atoms with van der Waals surface area (Å²) in [5.41, 5.74) is 3.77. The number of amides is 1. The van der Waals surface area contributed by atoms with Gasteiger partial charge in [-0.2, -0.15) is 0 Å². The highest BCUT2D eigenvalue weighted by atomic mass is 35.5. The number of ether oxygens (including phenoxy) is 1. The predicted octanol–water partition coefficient (Wildman–Crippen LogP) is 5.93. The van der Waals surface area contributed by atoms with Gasteiger partial charge < -0.3 is 15.4 Å². The molecule has 0 heterocycles. The molecule has 1 amide bonds. The van der Waals surface area contributed by atoms with Gasteiger partial charge in [-0.15, -0.1) is 0 Å². The van der Waals surface area contributed by atoms with Gasteiger partial charge in [-0.3, -0.25) is 4.79 Å². The number of hydrogen-bond acceptors (Lipinski definition) is 3. The summed E-state index contributed by atoms with van der Waals surface area (Å²) in [6, 6.07) is 20.5. The van der Waals surface area contributed by atoms with Crippen molar-refractivity contribution in [1.29, 1.82) is 0 Å². The van der Waals surface area contributed by atoms with Crippen LogP contribution in [-0.2, 0) is 11.3 Å². The zero-order valence-corrected chi connectivity index (χ0v) is 16.8. The molecular weight excluding hydrogens is 395 g/mol. The molecule has 0 saturated heterocycles. The van der Waals surface area contributed by atoms with Gasteiger partial charge in [0.15, 0.2) is 6.61 Å². The Morgan fingerprint density at radius 3 is 2.36 bits per heavy atom. The molecule has 0 aliphatic carbocycles. The maximum atomic E-state index is 12.0. The molecular formula is C22H20Cl2N2O2. The second kappa shape index (κ2) is 9.49. The van der Waals surface area contributed by atoms with E-state index in [1.54, 1.807) is 12.1 Å². The first-order valence-electron chi connectivity index (χ1n) is 8.77. The molecule has 0 aromatic heterocycles. The van der Waals surface area contributed by atoms with Crippen LogP contribution in [-0.4, -0.2) is 12.5 Å². The van der Waals surface area contributed by atoms with Crippen LogP contribution in [0.25, 0.3) is 0 Å². The number of nitrogens with one attached hydrogen (secondary N) is 2. The molecule has 2 N–H and O–H groups in total. The number of halogens is 2. The van der Waals surface area contributed by atoms with E-state index in [1.165, 1.54) is 0 Å². The normalized spacial score (nSPS) is 10.4. The van der Waals surface area contributed by atoms with Crippen molar-refractivity contribution in [3.8, 4) is 5.75 Å². The number of rotatable bonds is 7. The van der Waals surface area contributed by atoms with Gasteiger partial charge >= 0.3 is 0 Å². The van der Waals surface area contributed by atoms with Gasteiger partial charge in [-0.1, -0.05) is 53.0 Å². The zero-order chi connectivity index (χ0) is 19.9. The van der Waals surface area contributed by atoms with Crippen LogP contribution in [0.5, 0.6) is 5.75 Å². The highest BCUT2D eigenvalue weighted by molar-refractivity contribution is 6.36. The highest BCUT2D eigenvalue weighted by Crippen LogP contribution is 2.26. The van der Waals surface area contributed by atoms with Gasteiger partial charge in [0.25, 0.3) is 5.91 Å². The van der Waals surface area contributed by atoms with Crippen LogP contribution >= 0.6 is 23.2 Å². The smallest absolute Gasteiger partial charge is 0.262 e. The van der Waals surface area contributed by atoms with E-state index in [0.29, 0.717) is 22.3 Å². The fourth-order valence-electron chi connectivity index (χ4n) is 2.52. The molecule has 3 rings (SSSR count). The van der Waals surface area contributed by atoms with Crippen LogP contribution in [0.2, 0.25) is 10.0 Å². The standard InChI is InChI=1S/C22H20Cl2N2O2/c1-15-2-7-18(8-3-15)26-22(27)14-28-19-9-4-16(5-10-19)13-25-21-11-6-17(23)12-20(21)24/h2-12,25H,13-14H2,1H3,(H,26,27). The number of benzene rings is 3. The summed E-state index contributed by atoms with van der Waals surface area (Å²) < 4.78 is 5.55. The molecule has 144 valence electrons. The first kappa shape index (κ1) is 20.1. The minimum atomic E-state index is -0.202. The zero-order valence-electron chi connectivity index (χ0n) is 15.3. The van der Waals surface area contributed by atoms with Crippen molar-refractivity contribution in [2.75, 3.05) is 17.2 Å². The van der Waals surface area contributed by atoms with Crippen LogP contribution < -0.4 is 15.4 Å². The lowest BCUT2D eigenvalue weighted by Gasteiger charge is -2.10. The predicted molar refractivity (Wildman–Crippen MR) is 116 cm³/mol. The third-order valence-corrected chi connectivity index (χ3v) is 4.59. The van der Waals surface area contributed by atoms with Crippen LogP contribution in [0.15, 0.2) is 66.7 Å². The maximum absolute atomic E-state index is 12.0. The molecule has 28 heavy (non-hydrogen) atoms. The van der Waals surface area contributed by atoms with Gasteiger partial charge in [0.2, 0.25) is 0 Å². The average Bonchev–Trinajstić information content (AvgIpc) is 2.68. The number of carbonyl (C=O) groups is 1. The Bertz CT molecular complexity index is 942. The maximum Gasteiger partial charge on any atom is 0.262 e. The van der Waals surface area contributed by atoms with Crippen LogP contribution in [0.3, 0.4) is 0 Å². The van der Waals surface area contributed by atoms with Crippen LogP contribution in [0.4, 0.5) is 11.4 Å². The quantitative estimate of drug-likeness (QED) is 0.503. The summed E-state index contributed by atoms with van der Waals surface area (Å²) in [4.78, 5) is 12.0. The average molecular weight is 415 g/mol. The molecule has 0 unspecified atom stereocenters. The third-order valence-electron chi connectivity index (χ3n) is 4.04. The fraction of sp³-hybridized carbons (Fsp3) is 0.136. The van der Waals surface area contributed by atoms with Gasteiger partial charge in [-0.05, 0) is 55.0 Å². The molecule has 0 saturated carbocycles. The first-order valence-corrected chi connectivity index (χ1v) is 9.52. The van der Waals surface area contributed by atoms with E-state index in [4.69, 9.17) is 27.9 Å². The molecule has 0 aliphatic heterocycles. The van der Waals surface area contributed by atoms with Crippen LogP contribution in [0, 0.1) is 6.92 Å². The van der Waals surface area contributed by atoms with E-state index in [9.17, 15) is 4.79 Å². The Kier molecular flexibility index (Phi) is 6.80. The van der Waals surface area contributed by atoms with E-state index < -0.39 is 0 Å². The minimum Gasteiger partial charge on any atom is -0.484 e. The Balaban J connectivity index is 1.47. The lowest BCUT2D eigenvalue weighted by molar-refractivity contribution is -0.118. The summed E-state index contributed by atoms with van der Waals surface area (Å²) in [6.07, 6.45) is 0. The van der Waals surface area contributed by atoms with Crippen molar-refractivity contribution in [2.45, 2.75) is 13.5 Å². The largest absolute Gasteiger partial charge is 0.484 e. The number of hydrogen-bond donors (Lipinski definition) is 2. The van der Waals surface area contributed by atoms with Crippen molar-refractivity contribution in [3.63, 3.8) is 0 Å². The molecule has 0 fully saturated rings. The van der Waals surface area contributed by atoms with E-state index in [1.807, 2.05) is 61.5 Å². The molecule has 4 nitrogen and oxygen atoms in total. The number of anilines is 2. The highest BCUT2D eigenvalue weighted by Gasteiger charge is 2.05. The Labute approximate surface area is 174 Å². The Morgan fingerprint density at radius 2 is 1.68 bits per heavy atom. The van der Waals surface area contributed by atoms with Gasteiger partial charge in [0, 0.05) is 17.3 Å². The third kappa shape index (κ3) is 5.91. The molecule has 3 aromatic carbocycles. The summed E-state index contributed by atoms with van der Waals surface area (Å²) in [5.74, 6) is 0.430. The van der Waals surface area contributed by atoms with Crippen molar-refractivity contribution < 1.29 is 9.53 Å². The summed E-state index contributed by atoms with van der Waals surface area (Å²) in [5, 5.41) is 7.24. The SMILES string of the molecule is Cc1ccc(NC(=O)COc2ccc(CNc3ccc(Cl)cc3Cl)cc2)cc1. The second-order valence-corrected chi connectivity index (χ2v) is 7.17. The van der Waals surface area contributed by atoms with Gasteiger partial charge in [0.05, 0.1) is 10.7 Å².